The third-order valence-corrected chi connectivity index (χ3v) is 4.62. The summed E-state index contributed by atoms with van der Waals surface area (Å²) in [6.45, 7) is 1.88. The number of thiazole rings is 1. The van der Waals surface area contributed by atoms with Crippen LogP contribution in [0.2, 0.25) is 0 Å². The van der Waals surface area contributed by atoms with Crippen LogP contribution in [0.4, 0.5) is 5.13 Å². The molecule has 2 aromatic heterocycles. The van der Waals surface area contributed by atoms with E-state index in [2.05, 4.69) is 15.5 Å². The summed E-state index contributed by atoms with van der Waals surface area (Å²) in [7, 11) is 0. The van der Waals surface area contributed by atoms with Crippen molar-refractivity contribution in [2.45, 2.75) is 17.6 Å². The summed E-state index contributed by atoms with van der Waals surface area (Å²) in [6, 6.07) is 9.38. The van der Waals surface area contributed by atoms with Crippen molar-refractivity contribution in [1.29, 1.82) is 0 Å². The molecule has 0 saturated carbocycles. The Balaban J connectivity index is 1.73. The Hall–Kier alpha value is -2.12. The molecule has 22 heavy (non-hydrogen) atoms. The summed E-state index contributed by atoms with van der Waals surface area (Å²) < 4.78 is 5.19. The number of thioether (sulfide) groups is 1. The number of hydrogen-bond acceptors (Lipinski definition) is 6. The molecule has 0 saturated heterocycles. The van der Waals surface area contributed by atoms with Crippen LogP contribution in [0.3, 0.4) is 0 Å². The van der Waals surface area contributed by atoms with E-state index < -0.39 is 0 Å². The van der Waals surface area contributed by atoms with Gasteiger partial charge >= 0.3 is 0 Å². The summed E-state index contributed by atoms with van der Waals surface area (Å²) in [4.78, 5) is 17.3. The highest BCUT2D eigenvalue weighted by atomic mass is 32.2. The van der Waals surface area contributed by atoms with Crippen LogP contribution in [0.1, 0.15) is 21.8 Å². The van der Waals surface area contributed by atoms with Gasteiger partial charge in [-0.15, -0.1) is 23.1 Å². The Bertz CT molecular complexity index is 769. The highest BCUT2D eigenvalue weighted by Gasteiger charge is 2.13. The Morgan fingerprint density at radius 2 is 2.27 bits per heavy atom. The van der Waals surface area contributed by atoms with Gasteiger partial charge in [0.05, 0.1) is 17.0 Å². The summed E-state index contributed by atoms with van der Waals surface area (Å²) in [5.41, 5.74) is 1.48. The van der Waals surface area contributed by atoms with Crippen LogP contribution in [0.25, 0.3) is 0 Å². The lowest BCUT2D eigenvalue weighted by Gasteiger charge is -2.07. The van der Waals surface area contributed by atoms with Gasteiger partial charge in [-0.2, -0.15) is 0 Å². The highest BCUT2D eigenvalue weighted by molar-refractivity contribution is 7.98. The van der Waals surface area contributed by atoms with Crippen molar-refractivity contribution < 1.29 is 9.32 Å². The maximum atomic E-state index is 12.4. The van der Waals surface area contributed by atoms with E-state index >= 15 is 0 Å². The topological polar surface area (TPSA) is 68.0 Å². The van der Waals surface area contributed by atoms with Crippen molar-refractivity contribution in [1.82, 2.24) is 10.1 Å². The second-order valence-corrected chi connectivity index (χ2v) is 6.42. The molecule has 0 bridgehead atoms. The molecule has 2 heterocycles. The van der Waals surface area contributed by atoms with E-state index in [1.165, 1.54) is 11.3 Å². The molecule has 7 heteroatoms. The van der Waals surface area contributed by atoms with Gasteiger partial charge in [0.1, 0.15) is 5.76 Å². The standard InChI is InChI=1S/C15H13N3O2S2/c1-10-8-11(20-18-10)9-22-13-5-3-2-4-12(13)14(19)17-15-16-6-7-21-15/h2-8H,9H2,1H3,(H,16,17,19). The molecule has 0 spiro atoms. The Morgan fingerprint density at radius 3 is 3.00 bits per heavy atom. The SMILES string of the molecule is Cc1cc(CSc2ccccc2C(=O)Nc2nccs2)on1. The van der Waals surface area contributed by atoms with Crippen LogP contribution >= 0.6 is 23.1 Å². The van der Waals surface area contributed by atoms with Gasteiger partial charge in [-0.3, -0.25) is 10.1 Å². The molecule has 3 rings (SSSR count). The molecule has 112 valence electrons. The number of nitrogens with one attached hydrogen (secondary N) is 1. The summed E-state index contributed by atoms with van der Waals surface area (Å²) in [6.07, 6.45) is 1.66. The van der Waals surface area contributed by atoms with Crippen LogP contribution in [0.5, 0.6) is 0 Å². The van der Waals surface area contributed by atoms with E-state index in [-0.39, 0.29) is 5.91 Å². The van der Waals surface area contributed by atoms with Crippen molar-refractivity contribution in [2.75, 3.05) is 5.32 Å². The Kier molecular flexibility index (Phi) is 4.55. The van der Waals surface area contributed by atoms with Crippen LogP contribution in [0, 0.1) is 6.92 Å². The number of aromatic nitrogens is 2. The predicted octanol–water partition coefficient (Wildman–Crippen LogP) is 3.98. The first-order chi connectivity index (χ1) is 10.7. The second kappa shape index (κ2) is 6.76. The van der Waals surface area contributed by atoms with Gasteiger partial charge in [0, 0.05) is 22.5 Å². The number of nitrogens with zero attached hydrogens (tertiary/aromatic N) is 2. The summed E-state index contributed by atoms with van der Waals surface area (Å²) in [5, 5.41) is 9.08. The number of rotatable bonds is 5. The summed E-state index contributed by atoms with van der Waals surface area (Å²) >= 11 is 2.93. The van der Waals surface area contributed by atoms with Crippen molar-refractivity contribution in [3.8, 4) is 0 Å². The van der Waals surface area contributed by atoms with Crippen LogP contribution in [-0.2, 0) is 5.75 Å². The van der Waals surface area contributed by atoms with E-state index in [0.717, 1.165) is 16.3 Å². The molecule has 0 radical (unpaired) electrons. The fraction of sp³-hybridized carbons (Fsp3) is 0.133. The van der Waals surface area contributed by atoms with Gasteiger partial charge in [0.15, 0.2) is 5.13 Å². The monoisotopic (exact) mass is 331 g/mol. The molecule has 5 nitrogen and oxygen atoms in total. The van der Waals surface area contributed by atoms with Crippen molar-refractivity contribution in [3.05, 3.63) is 58.9 Å². The van der Waals surface area contributed by atoms with Crippen molar-refractivity contribution in [2.24, 2.45) is 0 Å². The molecule has 0 atom stereocenters. The molecule has 1 N–H and O–H groups in total. The largest absolute Gasteiger partial charge is 0.360 e. The Morgan fingerprint density at radius 1 is 1.41 bits per heavy atom. The average Bonchev–Trinajstić information content (AvgIpc) is 3.17. The average molecular weight is 331 g/mol. The number of anilines is 1. The van der Waals surface area contributed by atoms with Crippen molar-refractivity contribution >= 4 is 34.1 Å². The number of benzene rings is 1. The molecule has 0 aliphatic rings. The maximum Gasteiger partial charge on any atom is 0.258 e. The Labute approximate surface area is 135 Å². The first-order valence-corrected chi connectivity index (χ1v) is 8.44. The van der Waals surface area contributed by atoms with Gasteiger partial charge in [-0.1, -0.05) is 17.3 Å². The zero-order chi connectivity index (χ0) is 15.4. The number of carbonyl (C=O) groups excluding carboxylic acids is 1. The molecule has 1 amide bonds. The molecule has 0 unspecified atom stereocenters. The first-order valence-electron chi connectivity index (χ1n) is 6.57. The van der Waals surface area contributed by atoms with Gasteiger partial charge in [0.2, 0.25) is 0 Å². The molecule has 3 aromatic rings. The van der Waals surface area contributed by atoms with Crippen molar-refractivity contribution in [3.63, 3.8) is 0 Å². The summed E-state index contributed by atoms with van der Waals surface area (Å²) in [5.74, 6) is 1.26. The molecule has 0 aliphatic carbocycles. The van der Waals surface area contributed by atoms with Gasteiger partial charge in [0.25, 0.3) is 5.91 Å². The lowest BCUT2D eigenvalue weighted by molar-refractivity contribution is 0.102. The minimum Gasteiger partial charge on any atom is -0.360 e. The maximum absolute atomic E-state index is 12.4. The fourth-order valence-corrected chi connectivity index (χ4v) is 3.31. The molecule has 1 aromatic carbocycles. The van der Waals surface area contributed by atoms with Gasteiger partial charge in [-0.05, 0) is 19.1 Å². The van der Waals surface area contributed by atoms with Gasteiger partial charge in [-0.25, -0.2) is 4.98 Å². The molecular weight excluding hydrogens is 318 g/mol. The normalized spacial score (nSPS) is 10.6. The number of carbonyl (C=O) groups is 1. The number of aryl methyl sites for hydroxylation is 1. The third-order valence-electron chi connectivity index (χ3n) is 2.83. The minimum atomic E-state index is -0.160. The van der Waals surface area contributed by atoms with Crippen LogP contribution in [0.15, 0.2) is 51.3 Å². The van der Waals surface area contributed by atoms with E-state index in [1.54, 1.807) is 24.0 Å². The van der Waals surface area contributed by atoms with Gasteiger partial charge < -0.3 is 4.52 Å². The van der Waals surface area contributed by atoms with Crippen LogP contribution < -0.4 is 5.32 Å². The van der Waals surface area contributed by atoms with E-state index in [0.29, 0.717) is 16.4 Å². The zero-order valence-electron chi connectivity index (χ0n) is 11.8. The van der Waals surface area contributed by atoms with E-state index in [1.807, 2.05) is 36.6 Å². The van der Waals surface area contributed by atoms with E-state index in [4.69, 9.17) is 4.52 Å². The second-order valence-electron chi connectivity index (χ2n) is 4.51. The van der Waals surface area contributed by atoms with Crippen LogP contribution in [-0.4, -0.2) is 16.0 Å². The fourth-order valence-electron chi connectivity index (χ4n) is 1.86. The first kappa shape index (κ1) is 14.8. The quantitative estimate of drug-likeness (QED) is 0.716. The lowest BCUT2D eigenvalue weighted by atomic mass is 10.2. The molecular formula is C15H13N3O2S2. The third kappa shape index (κ3) is 3.55. The predicted molar refractivity (Wildman–Crippen MR) is 87.3 cm³/mol. The minimum absolute atomic E-state index is 0.160. The molecule has 0 fully saturated rings. The smallest absolute Gasteiger partial charge is 0.258 e. The molecule has 0 aliphatic heterocycles. The highest BCUT2D eigenvalue weighted by Crippen LogP contribution is 2.27. The zero-order valence-corrected chi connectivity index (χ0v) is 13.4. The number of hydrogen-bond donors (Lipinski definition) is 1. The number of amides is 1. The van der Waals surface area contributed by atoms with E-state index in [9.17, 15) is 4.79 Å². The lowest BCUT2D eigenvalue weighted by Crippen LogP contribution is -2.12.